The van der Waals surface area contributed by atoms with Gasteiger partial charge in [0.05, 0.1) is 16.6 Å². The molecule has 1 radical (unpaired) electrons. The predicted octanol–water partition coefficient (Wildman–Crippen LogP) is 2.99. The van der Waals surface area contributed by atoms with Gasteiger partial charge in [-0.1, -0.05) is 24.3 Å². The Balaban J connectivity index is 1.41. The van der Waals surface area contributed by atoms with Crippen LogP contribution in [0.3, 0.4) is 0 Å². The number of rotatable bonds is 4. The minimum atomic E-state index is -2.73. The summed E-state index contributed by atoms with van der Waals surface area (Å²) in [5.41, 5.74) is 1.74. The SMILES string of the molecule is N#Cc1cccnc1N1CC[P](O)(c2cc(Cc3n[nH]c(=O)c4ccccc34)ccc2F)CC1. The Morgan fingerprint density at radius 1 is 1.12 bits per heavy atom. The van der Waals surface area contributed by atoms with E-state index in [-0.39, 0.29) is 5.56 Å². The molecule has 2 aromatic carbocycles. The van der Waals surface area contributed by atoms with Crippen LogP contribution in [0.5, 0.6) is 0 Å². The van der Waals surface area contributed by atoms with Crippen LogP contribution in [0, 0.1) is 17.1 Å². The van der Waals surface area contributed by atoms with Crippen molar-refractivity contribution in [3.63, 3.8) is 0 Å². The Morgan fingerprint density at radius 3 is 2.65 bits per heavy atom. The molecule has 0 spiro atoms. The molecule has 171 valence electrons. The maximum absolute atomic E-state index is 14.9. The summed E-state index contributed by atoms with van der Waals surface area (Å²) in [5.74, 6) is 0.185. The molecule has 5 rings (SSSR count). The van der Waals surface area contributed by atoms with Crippen LogP contribution in [0.25, 0.3) is 10.8 Å². The molecule has 1 saturated heterocycles. The highest BCUT2D eigenvalue weighted by Gasteiger charge is 2.35. The van der Waals surface area contributed by atoms with Crippen molar-refractivity contribution in [3.05, 3.63) is 93.8 Å². The van der Waals surface area contributed by atoms with Crippen molar-refractivity contribution in [2.24, 2.45) is 0 Å². The molecule has 0 unspecified atom stereocenters. The minimum absolute atomic E-state index is 0.251. The summed E-state index contributed by atoms with van der Waals surface area (Å²) in [6, 6.07) is 17.7. The minimum Gasteiger partial charge on any atom is -0.375 e. The highest BCUT2D eigenvalue weighted by molar-refractivity contribution is 7.77. The molecule has 1 fully saturated rings. The summed E-state index contributed by atoms with van der Waals surface area (Å²) in [4.78, 5) is 29.9. The topological polar surface area (TPSA) is 106 Å². The second kappa shape index (κ2) is 8.94. The number of anilines is 1. The largest absolute Gasteiger partial charge is 0.375 e. The van der Waals surface area contributed by atoms with Gasteiger partial charge in [-0.2, -0.15) is 10.4 Å². The molecule has 1 aliphatic rings. The average molecular weight is 474 g/mol. The fraction of sp³-hybridized carbons (Fsp3) is 0.200. The van der Waals surface area contributed by atoms with E-state index in [4.69, 9.17) is 0 Å². The molecular formula is C25H22FN5O2P. The van der Waals surface area contributed by atoms with Gasteiger partial charge < -0.3 is 9.79 Å². The van der Waals surface area contributed by atoms with Crippen LogP contribution in [0.2, 0.25) is 0 Å². The number of aromatic nitrogens is 3. The van der Waals surface area contributed by atoms with Crippen molar-refractivity contribution >= 4 is 29.4 Å². The molecule has 4 aromatic rings. The number of H-pyrrole nitrogens is 1. The summed E-state index contributed by atoms with van der Waals surface area (Å²) in [5, 5.41) is 17.8. The number of hydrogen-bond donors (Lipinski definition) is 2. The smallest absolute Gasteiger partial charge is 0.272 e. The third-order valence-corrected chi connectivity index (χ3v) is 9.41. The molecule has 0 saturated carbocycles. The van der Waals surface area contributed by atoms with Crippen molar-refractivity contribution in [2.75, 3.05) is 30.3 Å². The normalized spacial score (nSPS) is 15.3. The summed E-state index contributed by atoms with van der Waals surface area (Å²) in [6.45, 7) is 0.984. The number of benzene rings is 2. The van der Waals surface area contributed by atoms with Gasteiger partial charge >= 0.3 is 0 Å². The van der Waals surface area contributed by atoms with E-state index < -0.39 is 13.3 Å². The van der Waals surface area contributed by atoms with Gasteiger partial charge in [-0.05, 0) is 35.9 Å². The van der Waals surface area contributed by atoms with Crippen molar-refractivity contribution in [1.82, 2.24) is 15.2 Å². The fourth-order valence-corrected chi connectivity index (χ4v) is 7.20. The van der Waals surface area contributed by atoms with E-state index in [1.807, 2.05) is 17.0 Å². The molecule has 9 heteroatoms. The maximum atomic E-state index is 14.9. The second-order valence-corrected chi connectivity index (χ2v) is 11.6. The number of aromatic amines is 1. The van der Waals surface area contributed by atoms with Crippen LogP contribution < -0.4 is 15.8 Å². The Hall–Kier alpha value is -3.66. The number of pyridine rings is 1. The molecule has 0 bridgehead atoms. The lowest BCUT2D eigenvalue weighted by Gasteiger charge is -2.40. The molecule has 0 aliphatic carbocycles. The summed E-state index contributed by atoms with van der Waals surface area (Å²) in [7, 11) is -2.73. The van der Waals surface area contributed by atoms with Gasteiger partial charge in [-0.15, -0.1) is 0 Å². The van der Waals surface area contributed by atoms with Crippen LogP contribution in [0.15, 0.2) is 65.6 Å². The number of halogens is 1. The number of fused-ring (bicyclic) bond motifs is 1. The first-order chi connectivity index (χ1) is 16.5. The van der Waals surface area contributed by atoms with Crippen LogP contribution in [-0.4, -0.2) is 45.5 Å². The Kier molecular flexibility index (Phi) is 5.82. The van der Waals surface area contributed by atoms with Gasteiger partial charge in [-0.25, -0.2) is 14.5 Å². The van der Waals surface area contributed by atoms with E-state index in [1.165, 1.54) is 6.07 Å². The molecule has 1 aliphatic heterocycles. The van der Waals surface area contributed by atoms with Gasteiger partial charge in [-0.3, -0.25) is 4.79 Å². The second-order valence-electron chi connectivity index (χ2n) is 8.35. The van der Waals surface area contributed by atoms with Crippen molar-refractivity contribution in [1.29, 1.82) is 5.26 Å². The van der Waals surface area contributed by atoms with E-state index in [2.05, 4.69) is 21.3 Å². The number of nitrogens with one attached hydrogen (secondary N) is 1. The van der Waals surface area contributed by atoms with Gasteiger partial charge in [0.1, 0.15) is 17.7 Å². The average Bonchev–Trinajstić information content (AvgIpc) is 2.87. The van der Waals surface area contributed by atoms with Crippen molar-refractivity contribution in [2.45, 2.75) is 6.42 Å². The van der Waals surface area contributed by atoms with Gasteiger partial charge in [0.15, 0.2) is 0 Å². The van der Waals surface area contributed by atoms with Crippen molar-refractivity contribution < 1.29 is 9.28 Å². The number of nitrogens with zero attached hydrogens (tertiary/aromatic N) is 4. The van der Waals surface area contributed by atoms with Crippen LogP contribution in [0.1, 0.15) is 16.8 Å². The monoisotopic (exact) mass is 474 g/mol. The Bertz CT molecular complexity index is 1470. The zero-order chi connectivity index (χ0) is 23.7. The Morgan fingerprint density at radius 2 is 1.88 bits per heavy atom. The summed E-state index contributed by atoms with van der Waals surface area (Å²) in [6.07, 6.45) is 2.86. The van der Waals surface area contributed by atoms with E-state index in [1.54, 1.807) is 42.6 Å². The number of nitriles is 1. The van der Waals surface area contributed by atoms with E-state index in [9.17, 15) is 19.3 Å². The summed E-state index contributed by atoms with van der Waals surface area (Å²) >= 11 is 0. The highest BCUT2D eigenvalue weighted by Crippen LogP contribution is 2.55. The third-order valence-electron chi connectivity index (χ3n) is 6.29. The zero-order valence-corrected chi connectivity index (χ0v) is 19.2. The van der Waals surface area contributed by atoms with Crippen LogP contribution in [0.4, 0.5) is 10.2 Å². The Labute approximate surface area is 195 Å². The predicted molar refractivity (Wildman–Crippen MR) is 131 cm³/mol. The first-order valence-corrected chi connectivity index (χ1v) is 13.0. The lowest BCUT2D eigenvalue weighted by molar-refractivity contribution is 0.586. The standard InChI is InChI=1S/C25H22FN5O2P/c26-21-8-7-17(14-22-19-5-1-2-6-20(19)25(32)30-29-22)15-23(21)34(33)12-10-31(11-13-34)24-18(16-27)4-3-9-28-24/h1-9,15,33H,10-14H2,(H,30,32). The van der Waals surface area contributed by atoms with Gasteiger partial charge in [0.25, 0.3) is 5.56 Å². The maximum Gasteiger partial charge on any atom is 0.272 e. The van der Waals surface area contributed by atoms with Crippen LogP contribution >= 0.6 is 7.49 Å². The first-order valence-electron chi connectivity index (χ1n) is 10.9. The molecule has 7 nitrogen and oxygen atoms in total. The van der Waals surface area contributed by atoms with Crippen molar-refractivity contribution in [3.8, 4) is 6.07 Å². The van der Waals surface area contributed by atoms with E-state index in [0.29, 0.717) is 59.6 Å². The van der Waals surface area contributed by atoms with Gasteiger partial charge in [0.2, 0.25) is 0 Å². The van der Waals surface area contributed by atoms with E-state index >= 15 is 0 Å². The fourth-order valence-electron chi connectivity index (χ4n) is 4.47. The lowest BCUT2D eigenvalue weighted by atomic mass is 10.0. The summed E-state index contributed by atoms with van der Waals surface area (Å²) < 4.78 is 14.9. The first kappa shape index (κ1) is 22.1. The molecule has 0 atom stereocenters. The molecule has 2 aromatic heterocycles. The molecule has 3 heterocycles. The third kappa shape index (κ3) is 4.05. The molecular weight excluding hydrogens is 452 g/mol. The quantitative estimate of drug-likeness (QED) is 0.441. The lowest BCUT2D eigenvalue weighted by Crippen LogP contribution is -2.40. The van der Waals surface area contributed by atoms with Gasteiger partial charge in [0, 0.05) is 56.2 Å². The number of hydrogen-bond acceptors (Lipinski definition) is 6. The molecule has 2 N–H and O–H groups in total. The zero-order valence-electron chi connectivity index (χ0n) is 18.3. The van der Waals surface area contributed by atoms with E-state index in [0.717, 1.165) is 10.9 Å². The molecule has 34 heavy (non-hydrogen) atoms. The van der Waals surface area contributed by atoms with Crippen LogP contribution in [-0.2, 0) is 6.42 Å². The molecule has 0 amide bonds. The highest BCUT2D eigenvalue weighted by atomic mass is 31.2.